The largest absolute Gasteiger partial charge is 0.506 e. The van der Waals surface area contributed by atoms with Gasteiger partial charge in [0.25, 0.3) is 0 Å². The summed E-state index contributed by atoms with van der Waals surface area (Å²) in [6.45, 7) is 12.0. The Labute approximate surface area is 352 Å². The topological polar surface area (TPSA) is 190 Å². The van der Waals surface area contributed by atoms with E-state index in [2.05, 4.69) is 54.5 Å². The molecular weight excluding hydrogens is 779 g/mol. The molecule has 1 aliphatic carbocycles. The fourth-order valence-electron chi connectivity index (χ4n) is 7.69. The summed E-state index contributed by atoms with van der Waals surface area (Å²) in [5.74, 6) is 0.327. The minimum absolute atomic E-state index is 0.00236. The Morgan fingerprint density at radius 2 is 1.70 bits per heavy atom. The van der Waals surface area contributed by atoms with Gasteiger partial charge in [0.1, 0.15) is 11.5 Å². The number of H-pyrrole nitrogens is 1. The van der Waals surface area contributed by atoms with E-state index in [0.717, 1.165) is 54.2 Å². The van der Waals surface area contributed by atoms with Crippen LogP contribution in [0.15, 0.2) is 94.3 Å². The maximum Gasteiger partial charge on any atom is 0.407 e. The zero-order chi connectivity index (χ0) is 43.1. The highest BCUT2D eigenvalue weighted by molar-refractivity contribution is 6.74. The summed E-state index contributed by atoms with van der Waals surface area (Å²) in [6.07, 6.45) is 5.17. The Morgan fingerprint density at radius 3 is 2.38 bits per heavy atom. The maximum atomic E-state index is 13.0. The molecule has 2 heterocycles. The van der Waals surface area contributed by atoms with Crippen LogP contribution >= 0.6 is 0 Å². The summed E-state index contributed by atoms with van der Waals surface area (Å²) >= 11 is 0. The first-order chi connectivity index (χ1) is 28.5. The Balaban J connectivity index is 1.02. The van der Waals surface area contributed by atoms with Gasteiger partial charge in [-0.05, 0) is 71.9 Å². The van der Waals surface area contributed by atoms with Gasteiger partial charge in [-0.1, -0.05) is 88.6 Å². The van der Waals surface area contributed by atoms with Gasteiger partial charge in [0.2, 0.25) is 17.4 Å². The van der Waals surface area contributed by atoms with E-state index in [9.17, 15) is 29.7 Å². The fraction of sp³-hybridized carbons (Fsp3) is 0.435. The summed E-state index contributed by atoms with van der Waals surface area (Å²) in [5, 5.41) is 39.6. The third-order valence-corrected chi connectivity index (χ3v) is 16.7. The van der Waals surface area contributed by atoms with Crippen LogP contribution in [0, 0.1) is 5.92 Å². The van der Waals surface area contributed by atoms with Crippen LogP contribution in [-0.4, -0.2) is 70.1 Å². The number of nitrogens with one attached hydrogen (secondary N) is 3. The number of carboxylic acid groups (broad SMARTS) is 1. The van der Waals surface area contributed by atoms with Crippen LogP contribution in [0.25, 0.3) is 10.9 Å². The molecule has 2 aromatic heterocycles. The Morgan fingerprint density at radius 1 is 0.983 bits per heavy atom. The van der Waals surface area contributed by atoms with Gasteiger partial charge >= 0.3 is 6.09 Å². The lowest BCUT2D eigenvalue weighted by Crippen LogP contribution is -2.43. The molecule has 320 valence electrons. The number of fused-ring (bicyclic) bond motifs is 1. The second-order valence-electron chi connectivity index (χ2n) is 17.4. The number of carbonyl (C=O) groups is 2. The molecule has 13 nitrogen and oxygen atoms in total. The molecule has 0 bridgehead atoms. The van der Waals surface area contributed by atoms with Crippen LogP contribution in [0.1, 0.15) is 93.7 Å². The predicted octanol–water partition coefficient (Wildman–Crippen LogP) is 8.44. The molecule has 60 heavy (non-hydrogen) atoms. The third-order valence-electron chi connectivity index (χ3n) is 12.2. The number of pyridine rings is 1. The SMILES string of the molecule is CC(C)(C)[Si](C)(C)O[C@@H](CNCc1ccc(NC(=O)CCN(CCc2cnc([C@](O)(c3ccccc3)C3CCCCC3)o2)C(=O)O)cc1)c1ccc(O)c2[nH]c(=O)ccc12. The van der Waals surface area contributed by atoms with Gasteiger partial charge < -0.3 is 44.7 Å². The van der Waals surface area contributed by atoms with Crippen molar-refractivity contribution < 1.29 is 33.8 Å². The van der Waals surface area contributed by atoms with Gasteiger partial charge in [-0.3, -0.25) is 9.59 Å². The van der Waals surface area contributed by atoms with Gasteiger partial charge in [0.15, 0.2) is 13.9 Å². The molecule has 6 rings (SSSR count). The molecule has 0 aliphatic heterocycles. The number of aromatic amines is 1. The molecule has 1 saturated carbocycles. The summed E-state index contributed by atoms with van der Waals surface area (Å²) in [7, 11) is -2.24. The highest BCUT2D eigenvalue weighted by Crippen LogP contribution is 2.44. The van der Waals surface area contributed by atoms with Crippen molar-refractivity contribution in [3.8, 4) is 5.75 Å². The first kappa shape index (κ1) is 44.3. The number of hydrogen-bond donors (Lipinski definition) is 6. The number of carbonyl (C=O) groups excluding carboxylic acids is 1. The van der Waals surface area contributed by atoms with Crippen LogP contribution in [0.2, 0.25) is 18.1 Å². The maximum absolute atomic E-state index is 13.0. The van der Waals surface area contributed by atoms with Crippen LogP contribution < -0.4 is 16.2 Å². The summed E-state index contributed by atoms with van der Waals surface area (Å²) < 4.78 is 13.0. The molecule has 5 aromatic rings. The van der Waals surface area contributed by atoms with Gasteiger partial charge in [0.05, 0.1) is 17.8 Å². The Bertz CT molecular complexity index is 2280. The lowest BCUT2D eigenvalue weighted by molar-refractivity contribution is -0.116. The second-order valence-corrected chi connectivity index (χ2v) is 22.2. The van der Waals surface area contributed by atoms with Crippen LogP contribution in [-0.2, 0) is 27.8 Å². The molecule has 1 aliphatic rings. The number of amides is 2. The summed E-state index contributed by atoms with van der Waals surface area (Å²) in [5.41, 5.74) is 1.86. The lowest BCUT2D eigenvalue weighted by atomic mass is 9.73. The van der Waals surface area contributed by atoms with Crippen molar-refractivity contribution in [3.63, 3.8) is 0 Å². The van der Waals surface area contributed by atoms with E-state index in [1.807, 2.05) is 60.7 Å². The molecule has 0 unspecified atom stereocenters. The van der Waals surface area contributed by atoms with Gasteiger partial charge in [-0.2, -0.15) is 0 Å². The third kappa shape index (κ3) is 10.5. The van der Waals surface area contributed by atoms with Crippen molar-refractivity contribution >= 4 is 36.9 Å². The van der Waals surface area contributed by atoms with E-state index in [0.29, 0.717) is 30.1 Å². The monoisotopic (exact) mass is 837 g/mol. The molecule has 0 saturated heterocycles. The van der Waals surface area contributed by atoms with E-state index < -0.39 is 20.0 Å². The quantitative estimate of drug-likeness (QED) is 0.0496. The van der Waals surface area contributed by atoms with E-state index >= 15 is 0 Å². The van der Waals surface area contributed by atoms with Crippen LogP contribution in [0.4, 0.5) is 10.5 Å². The van der Waals surface area contributed by atoms with Gasteiger partial charge in [-0.15, -0.1) is 0 Å². The van der Waals surface area contributed by atoms with Gasteiger partial charge in [0, 0.05) is 62.1 Å². The molecule has 2 amide bonds. The number of rotatable bonds is 17. The number of aromatic hydroxyl groups is 1. The number of aromatic nitrogens is 2. The standard InChI is InChI=1S/C46H59N5O8Si/c1-45(2,3)60(4,5)59-39(36-20-22-38(52)42-37(36)21-23-40(53)50-42)30-47-28-31-16-18-34(19-17-31)49-41(54)25-27-51(44(55)56)26-24-35-29-48-43(58-35)46(57,32-12-8-6-9-13-32)33-14-10-7-11-15-33/h6,8-9,12-13,16-23,29,33,39,47,52,57H,7,10-11,14-15,24-28,30H2,1-5H3,(H,49,54)(H,50,53)(H,55,56)/t39-,46-/m0/s1. The molecule has 6 N–H and O–H groups in total. The van der Waals surface area contributed by atoms with E-state index in [4.69, 9.17) is 8.84 Å². The minimum Gasteiger partial charge on any atom is -0.506 e. The van der Waals surface area contributed by atoms with Crippen LogP contribution in [0.5, 0.6) is 5.75 Å². The van der Waals surface area contributed by atoms with Crippen molar-refractivity contribution in [2.45, 2.75) is 102 Å². The second kappa shape index (κ2) is 19.0. The fourth-order valence-corrected chi connectivity index (χ4v) is 8.97. The highest BCUT2D eigenvalue weighted by Gasteiger charge is 2.45. The normalized spacial score (nSPS) is 15.4. The van der Waals surface area contributed by atoms with Crippen molar-refractivity contribution in [2.75, 3.05) is 25.0 Å². The van der Waals surface area contributed by atoms with E-state index in [-0.39, 0.29) is 66.1 Å². The minimum atomic E-state index is -2.24. The Hall–Kier alpha value is -5.28. The lowest BCUT2D eigenvalue weighted by Gasteiger charge is -2.39. The molecule has 0 radical (unpaired) electrons. The number of benzene rings is 3. The molecule has 1 fully saturated rings. The number of aliphatic hydroxyl groups is 1. The van der Waals surface area contributed by atoms with Crippen molar-refractivity contribution in [1.82, 2.24) is 20.2 Å². The van der Waals surface area contributed by atoms with E-state index in [1.165, 1.54) is 11.0 Å². The first-order valence-electron chi connectivity index (χ1n) is 20.9. The molecule has 14 heteroatoms. The average molecular weight is 838 g/mol. The number of phenolic OH excluding ortho intramolecular Hbond substituents is 1. The summed E-state index contributed by atoms with van der Waals surface area (Å²) in [4.78, 5) is 45.6. The van der Waals surface area contributed by atoms with Crippen molar-refractivity contribution in [1.29, 1.82) is 0 Å². The predicted molar refractivity (Wildman–Crippen MR) is 234 cm³/mol. The number of phenols is 1. The van der Waals surface area contributed by atoms with Crippen molar-refractivity contribution in [3.05, 3.63) is 124 Å². The van der Waals surface area contributed by atoms with E-state index in [1.54, 1.807) is 18.3 Å². The Kier molecular flexibility index (Phi) is 14.0. The zero-order valence-electron chi connectivity index (χ0n) is 35.3. The molecule has 3 aromatic carbocycles. The number of anilines is 1. The number of oxazole rings is 1. The van der Waals surface area contributed by atoms with Gasteiger partial charge in [-0.25, -0.2) is 9.78 Å². The number of hydrogen-bond acceptors (Lipinski definition) is 9. The molecule has 0 spiro atoms. The van der Waals surface area contributed by atoms with Crippen molar-refractivity contribution in [2.24, 2.45) is 5.92 Å². The first-order valence-corrected chi connectivity index (χ1v) is 23.8. The molecule has 2 atom stereocenters. The van der Waals surface area contributed by atoms with Crippen LogP contribution in [0.3, 0.4) is 0 Å². The highest BCUT2D eigenvalue weighted by atomic mass is 28.4. The smallest absolute Gasteiger partial charge is 0.407 e. The average Bonchev–Trinajstić information content (AvgIpc) is 3.71. The zero-order valence-corrected chi connectivity index (χ0v) is 36.3. The number of nitrogens with zero attached hydrogens (tertiary/aromatic N) is 2. The summed E-state index contributed by atoms with van der Waals surface area (Å²) in [6, 6.07) is 23.5. The molecular formula is C46H59N5O8Si.